The lowest BCUT2D eigenvalue weighted by Crippen LogP contribution is -2.24. The molecule has 29 heavy (non-hydrogen) atoms. The van der Waals surface area contributed by atoms with E-state index in [1.54, 1.807) is 48.7 Å². The third kappa shape index (κ3) is 4.44. The van der Waals surface area contributed by atoms with E-state index in [9.17, 15) is 9.59 Å². The maximum Gasteiger partial charge on any atom is 0.253 e. The predicted octanol–water partition coefficient (Wildman–Crippen LogP) is 4.61. The molecule has 0 saturated heterocycles. The number of para-hydroxylation sites is 2. The van der Waals surface area contributed by atoms with Gasteiger partial charge >= 0.3 is 0 Å². The Balaban J connectivity index is 1.43. The molecule has 0 radical (unpaired) electrons. The Kier molecular flexibility index (Phi) is 5.25. The number of carbonyl (C=O) groups excluding carboxylic acids is 2. The molecular formula is C23H18N2O4. The van der Waals surface area contributed by atoms with Crippen molar-refractivity contribution in [1.82, 2.24) is 5.32 Å². The van der Waals surface area contributed by atoms with Gasteiger partial charge in [0.15, 0.2) is 0 Å². The average Bonchev–Trinajstić information content (AvgIpc) is 3.40. The molecule has 144 valence electrons. The number of rotatable bonds is 6. The van der Waals surface area contributed by atoms with E-state index in [1.807, 2.05) is 30.3 Å². The van der Waals surface area contributed by atoms with Crippen molar-refractivity contribution < 1.29 is 18.4 Å². The van der Waals surface area contributed by atoms with Crippen LogP contribution in [0.4, 0.5) is 5.69 Å². The summed E-state index contributed by atoms with van der Waals surface area (Å²) in [6.45, 7) is 0.264. The third-order valence-corrected chi connectivity index (χ3v) is 4.28. The summed E-state index contributed by atoms with van der Waals surface area (Å²) in [5.74, 6) is 0.551. The molecule has 2 heterocycles. The van der Waals surface area contributed by atoms with E-state index in [2.05, 4.69) is 10.6 Å². The summed E-state index contributed by atoms with van der Waals surface area (Å²) in [6.07, 6.45) is 4.51. The van der Waals surface area contributed by atoms with Crippen LogP contribution in [-0.4, -0.2) is 11.8 Å². The Hall–Kier alpha value is -4.06. The van der Waals surface area contributed by atoms with Crippen LogP contribution in [0.3, 0.4) is 0 Å². The number of hydrogen-bond donors (Lipinski definition) is 2. The molecule has 0 aliphatic rings. The first-order valence-corrected chi connectivity index (χ1v) is 9.06. The van der Waals surface area contributed by atoms with Gasteiger partial charge in [-0.15, -0.1) is 0 Å². The molecule has 4 rings (SSSR count). The van der Waals surface area contributed by atoms with Crippen LogP contribution < -0.4 is 10.6 Å². The first-order valence-electron chi connectivity index (χ1n) is 9.06. The molecule has 0 atom stereocenters. The SMILES string of the molecule is O=C(/C=C/c1cc2ccccc2o1)Nc1ccccc1C(=O)NCc1ccco1. The molecule has 0 aliphatic heterocycles. The highest BCUT2D eigenvalue weighted by atomic mass is 16.3. The van der Waals surface area contributed by atoms with Gasteiger partial charge in [0.2, 0.25) is 5.91 Å². The first-order chi connectivity index (χ1) is 14.2. The van der Waals surface area contributed by atoms with Crippen molar-refractivity contribution >= 4 is 34.5 Å². The molecule has 0 aliphatic carbocycles. The van der Waals surface area contributed by atoms with Crippen molar-refractivity contribution in [2.24, 2.45) is 0 Å². The van der Waals surface area contributed by atoms with E-state index in [4.69, 9.17) is 8.83 Å². The summed E-state index contributed by atoms with van der Waals surface area (Å²) in [5.41, 5.74) is 1.54. The Morgan fingerprint density at radius 3 is 2.62 bits per heavy atom. The summed E-state index contributed by atoms with van der Waals surface area (Å²) >= 11 is 0. The summed E-state index contributed by atoms with van der Waals surface area (Å²) in [7, 11) is 0. The predicted molar refractivity (Wildman–Crippen MR) is 110 cm³/mol. The van der Waals surface area contributed by atoms with Crippen LogP contribution in [0.25, 0.3) is 17.0 Å². The molecule has 6 nitrogen and oxygen atoms in total. The number of hydrogen-bond acceptors (Lipinski definition) is 4. The number of nitrogens with one attached hydrogen (secondary N) is 2. The topological polar surface area (TPSA) is 84.5 Å². The fourth-order valence-electron chi connectivity index (χ4n) is 2.88. The molecule has 0 fully saturated rings. The number of fused-ring (bicyclic) bond motifs is 1. The van der Waals surface area contributed by atoms with Gasteiger partial charge in [-0.1, -0.05) is 30.3 Å². The number of amides is 2. The van der Waals surface area contributed by atoms with Crippen LogP contribution >= 0.6 is 0 Å². The zero-order valence-electron chi connectivity index (χ0n) is 15.4. The van der Waals surface area contributed by atoms with Gasteiger partial charge in [-0.05, 0) is 42.5 Å². The molecular weight excluding hydrogens is 368 g/mol. The van der Waals surface area contributed by atoms with E-state index in [0.29, 0.717) is 22.8 Å². The molecule has 6 heteroatoms. The van der Waals surface area contributed by atoms with Crippen LogP contribution in [0.5, 0.6) is 0 Å². The fourth-order valence-corrected chi connectivity index (χ4v) is 2.88. The first kappa shape index (κ1) is 18.3. The Morgan fingerprint density at radius 1 is 0.966 bits per heavy atom. The van der Waals surface area contributed by atoms with Gasteiger partial charge < -0.3 is 19.5 Å². The highest BCUT2D eigenvalue weighted by Gasteiger charge is 2.12. The molecule has 2 aromatic carbocycles. The number of furan rings is 2. The smallest absolute Gasteiger partial charge is 0.253 e. The summed E-state index contributed by atoms with van der Waals surface area (Å²) in [5, 5.41) is 6.47. The minimum Gasteiger partial charge on any atom is -0.467 e. The molecule has 4 aromatic rings. The maximum absolute atomic E-state index is 12.5. The van der Waals surface area contributed by atoms with Gasteiger partial charge in [0.05, 0.1) is 24.1 Å². The Labute approximate surface area is 166 Å². The standard InChI is InChI=1S/C23H18N2O4/c26-22(12-11-17-14-16-6-1-4-10-21(16)29-17)25-20-9-3-2-8-19(20)23(27)24-15-18-7-5-13-28-18/h1-14H,15H2,(H,24,27)(H,25,26)/b12-11+. The quantitative estimate of drug-likeness (QED) is 0.474. The van der Waals surface area contributed by atoms with Gasteiger partial charge in [-0.3, -0.25) is 9.59 Å². The van der Waals surface area contributed by atoms with E-state index in [1.165, 1.54) is 6.08 Å². The van der Waals surface area contributed by atoms with Crippen LogP contribution in [0.1, 0.15) is 21.9 Å². The molecule has 0 saturated carbocycles. The van der Waals surface area contributed by atoms with Crippen LogP contribution in [0, 0.1) is 0 Å². The minimum absolute atomic E-state index is 0.264. The van der Waals surface area contributed by atoms with E-state index < -0.39 is 0 Å². The zero-order valence-corrected chi connectivity index (χ0v) is 15.4. The van der Waals surface area contributed by atoms with Crippen molar-refractivity contribution in [3.05, 3.63) is 96.2 Å². The molecule has 0 spiro atoms. The number of benzene rings is 2. The van der Waals surface area contributed by atoms with Gasteiger partial charge in [0.25, 0.3) is 5.91 Å². The number of anilines is 1. The zero-order chi connectivity index (χ0) is 20.1. The summed E-state index contributed by atoms with van der Waals surface area (Å²) in [4.78, 5) is 24.8. The van der Waals surface area contributed by atoms with Gasteiger partial charge in [-0.2, -0.15) is 0 Å². The van der Waals surface area contributed by atoms with Crippen molar-refractivity contribution in [1.29, 1.82) is 0 Å². The van der Waals surface area contributed by atoms with Crippen molar-refractivity contribution in [2.75, 3.05) is 5.32 Å². The lowest BCUT2D eigenvalue weighted by molar-refractivity contribution is -0.111. The lowest BCUT2D eigenvalue weighted by Gasteiger charge is -2.09. The highest BCUT2D eigenvalue weighted by molar-refractivity contribution is 6.07. The summed E-state index contributed by atoms with van der Waals surface area (Å²) in [6, 6.07) is 19.8. The van der Waals surface area contributed by atoms with Gasteiger partial charge in [0.1, 0.15) is 17.1 Å². The van der Waals surface area contributed by atoms with Crippen LogP contribution in [-0.2, 0) is 11.3 Å². The van der Waals surface area contributed by atoms with E-state index >= 15 is 0 Å². The van der Waals surface area contributed by atoms with Crippen molar-refractivity contribution in [3.8, 4) is 0 Å². The molecule has 2 N–H and O–H groups in total. The second kappa shape index (κ2) is 8.31. The number of carbonyl (C=O) groups is 2. The van der Waals surface area contributed by atoms with Crippen LogP contribution in [0.15, 0.2) is 87.9 Å². The monoisotopic (exact) mass is 386 g/mol. The molecule has 0 unspecified atom stereocenters. The summed E-state index contributed by atoms with van der Waals surface area (Å²) < 4.78 is 10.9. The Morgan fingerprint density at radius 2 is 1.79 bits per heavy atom. The molecule has 2 aromatic heterocycles. The lowest BCUT2D eigenvalue weighted by atomic mass is 10.1. The minimum atomic E-state index is -0.364. The third-order valence-electron chi connectivity index (χ3n) is 4.28. The van der Waals surface area contributed by atoms with Gasteiger partial charge in [0, 0.05) is 11.5 Å². The average molecular weight is 386 g/mol. The van der Waals surface area contributed by atoms with Crippen molar-refractivity contribution in [3.63, 3.8) is 0 Å². The Bertz CT molecular complexity index is 1140. The second-order valence-corrected chi connectivity index (χ2v) is 6.32. The molecule has 2 amide bonds. The highest BCUT2D eigenvalue weighted by Crippen LogP contribution is 2.20. The van der Waals surface area contributed by atoms with E-state index in [0.717, 1.165) is 11.0 Å². The largest absolute Gasteiger partial charge is 0.467 e. The van der Waals surface area contributed by atoms with Gasteiger partial charge in [-0.25, -0.2) is 0 Å². The fraction of sp³-hybridized carbons (Fsp3) is 0.0435. The van der Waals surface area contributed by atoms with Crippen LogP contribution in [0.2, 0.25) is 0 Å². The van der Waals surface area contributed by atoms with E-state index in [-0.39, 0.29) is 18.4 Å². The second-order valence-electron chi connectivity index (χ2n) is 6.32. The molecule has 0 bridgehead atoms. The normalized spacial score (nSPS) is 11.0. The van der Waals surface area contributed by atoms with Crippen molar-refractivity contribution in [2.45, 2.75) is 6.54 Å². The maximum atomic E-state index is 12.5.